The van der Waals surface area contributed by atoms with Crippen LogP contribution in [0.15, 0.2) is 71.6 Å². The largest absolute Gasteiger partial charge is 0.497 e. The number of nitrogens with one attached hydrogen (secondary N) is 1. The number of sulfonamides is 1. The molecule has 0 saturated heterocycles. The lowest BCUT2D eigenvalue weighted by atomic mass is 10.0. The molecular formula is C36H46FN3O6SSi. The second-order valence-electron chi connectivity index (χ2n) is 13.5. The van der Waals surface area contributed by atoms with Crippen LogP contribution in [0, 0.1) is 11.7 Å². The summed E-state index contributed by atoms with van der Waals surface area (Å²) in [5.74, 6) is 1.53. The van der Waals surface area contributed by atoms with Crippen molar-refractivity contribution in [2.45, 2.75) is 69.4 Å². The van der Waals surface area contributed by atoms with E-state index in [0.29, 0.717) is 41.9 Å². The van der Waals surface area contributed by atoms with Crippen molar-refractivity contribution in [3.05, 3.63) is 100 Å². The quantitative estimate of drug-likeness (QED) is 0.0668. The molecular weight excluding hydrogens is 650 g/mol. The van der Waals surface area contributed by atoms with Crippen LogP contribution in [0.25, 0.3) is 0 Å². The van der Waals surface area contributed by atoms with Gasteiger partial charge in [-0.2, -0.15) is 4.31 Å². The van der Waals surface area contributed by atoms with Crippen molar-refractivity contribution in [3.8, 4) is 17.4 Å². The monoisotopic (exact) mass is 695 g/mol. The number of hydrogen-bond acceptors (Lipinski definition) is 7. The number of hydrogen-bond donors (Lipinski definition) is 1. The molecule has 0 amide bonds. The van der Waals surface area contributed by atoms with Crippen LogP contribution < -0.4 is 14.2 Å². The lowest BCUT2D eigenvalue weighted by Gasteiger charge is -2.23. The van der Waals surface area contributed by atoms with Crippen molar-refractivity contribution in [2.24, 2.45) is 5.92 Å². The first-order valence-electron chi connectivity index (χ1n) is 16.3. The van der Waals surface area contributed by atoms with Crippen molar-refractivity contribution >= 4 is 18.1 Å². The van der Waals surface area contributed by atoms with E-state index in [-0.39, 0.29) is 24.8 Å². The minimum Gasteiger partial charge on any atom is -0.497 e. The molecule has 0 atom stereocenters. The fraction of sp³-hybridized carbons (Fsp3) is 0.417. The Hall–Kier alpha value is -3.71. The van der Waals surface area contributed by atoms with Crippen molar-refractivity contribution in [1.82, 2.24) is 14.5 Å². The normalized spacial score (nSPS) is 13.6. The van der Waals surface area contributed by atoms with Gasteiger partial charge in [-0.15, -0.1) is 5.10 Å². The summed E-state index contributed by atoms with van der Waals surface area (Å²) >= 11 is 0. The third kappa shape index (κ3) is 9.68. The molecule has 0 bridgehead atoms. The van der Waals surface area contributed by atoms with Crippen LogP contribution >= 0.6 is 0 Å². The maximum absolute atomic E-state index is 15.9. The van der Waals surface area contributed by atoms with Gasteiger partial charge in [0.2, 0.25) is 15.9 Å². The van der Waals surface area contributed by atoms with E-state index in [1.807, 2.05) is 0 Å². The Labute approximate surface area is 284 Å². The molecule has 1 aromatic heterocycles. The van der Waals surface area contributed by atoms with Gasteiger partial charge in [-0.25, -0.2) is 12.8 Å². The van der Waals surface area contributed by atoms with E-state index in [1.165, 1.54) is 29.3 Å². The van der Waals surface area contributed by atoms with E-state index in [9.17, 15) is 8.42 Å². The molecule has 258 valence electrons. The van der Waals surface area contributed by atoms with Crippen LogP contribution in [0.5, 0.6) is 17.4 Å². The molecule has 1 saturated carbocycles. The first-order chi connectivity index (χ1) is 22.9. The van der Waals surface area contributed by atoms with Crippen LogP contribution in [0.1, 0.15) is 40.8 Å². The van der Waals surface area contributed by atoms with Crippen molar-refractivity contribution in [3.63, 3.8) is 0 Å². The van der Waals surface area contributed by atoms with Crippen LogP contribution in [-0.4, -0.2) is 58.6 Å². The van der Waals surface area contributed by atoms with Crippen LogP contribution in [0.4, 0.5) is 4.39 Å². The number of aromatic amines is 1. The van der Waals surface area contributed by atoms with Gasteiger partial charge in [0.1, 0.15) is 22.2 Å². The van der Waals surface area contributed by atoms with Gasteiger partial charge in [-0.1, -0.05) is 50.0 Å². The fourth-order valence-electron chi connectivity index (χ4n) is 5.30. The summed E-state index contributed by atoms with van der Waals surface area (Å²) in [6.07, 6.45) is 3.50. The highest BCUT2D eigenvalue weighted by Gasteiger charge is 2.29. The Morgan fingerprint density at radius 2 is 1.48 bits per heavy atom. The van der Waals surface area contributed by atoms with Crippen LogP contribution in [0.2, 0.25) is 25.7 Å². The standard InChI is InChI=1S/C36H46FN3O6SSi/c1-43-30-13-8-27(9-14-30)23-40(24-28-10-15-31(44-2)16-11-28)47(41,42)35-17-12-29(21-33(35)37)20-32-34(22-26-6-7-26)38-39-36(32)46-25-45-18-19-48(3,4)5/h8-17,21,26H,6-7,18-20,22-25H2,1-5H3,(H,38,39). The Morgan fingerprint density at radius 1 is 0.896 bits per heavy atom. The summed E-state index contributed by atoms with van der Waals surface area (Å²) in [5.41, 5.74) is 3.89. The number of halogens is 1. The zero-order valence-corrected chi connectivity index (χ0v) is 30.2. The molecule has 4 aromatic rings. The number of nitrogens with zero attached hydrogens (tertiary/aromatic N) is 2. The molecule has 1 aliphatic carbocycles. The smallest absolute Gasteiger partial charge is 0.246 e. The molecule has 1 N–H and O–H groups in total. The predicted molar refractivity (Wildman–Crippen MR) is 186 cm³/mol. The molecule has 1 fully saturated rings. The topological polar surface area (TPSA) is 103 Å². The summed E-state index contributed by atoms with van der Waals surface area (Å²) < 4.78 is 67.6. The number of ether oxygens (including phenoxy) is 4. The first-order valence-corrected chi connectivity index (χ1v) is 21.4. The van der Waals surface area contributed by atoms with Gasteiger partial charge in [0, 0.05) is 45.4 Å². The number of H-pyrrole nitrogens is 1. The summed E-state index contributed by atoms with van der Waals surface area (Å²) in [5, 5.41) is 7.53. The molecule has 1 aliphatic rings. The van der Waals surface area contributed by atoms with Crippen LogP contribution in [-0.2, 0) is 40.7 Å². The third-order valence-corrected chi connectivity index (χ3v) is 11.9. The van der Waals surface area contributed by atoms with E-state index in [4.69, 9.17) is 18.9 Å². The molecule has 0 radical (unpaired) electrons. The SMILES string of the molecule is COc1ccc(CN(Cc2ccc(OC)cc2)S(=O)(=O)c2ccc(Cc3c(OCOCC[Si](C)(C)C)n[nH]c3CC3CC3)cc2F)cc1. The molecule has 1 heterocycles. The summed E-state index contributed by atoms with van der Waals surface area (Å²) in [6, 6.07) is 19.6. The van der Waals surface area contributed by atoms with Gasteiger partial charge in [0.25, 0.3) is 0 Å². The van der Waals surface area contributed by atoms with Gasteiger partial charge in [-0.05, 0) is 84.3 Å². The molecule has 0 aliphatic heterocycles. The van der Waals surface area contributed by atoms with Crippen molar-refractivity contribution in [1.29, 1.82) is 0 Å². The summed E-state index contributed by atoms with van der Waals surface area (Å²) in [4.78, 5) is -0.383. The summed E-state index contributed by atoms with van der Waals surface area (Å²) in [7, 11) is -2.34. The lowest BCUT2D eigenvalue weighted by molar-refractivity contribution is 0.0188. The van der Waals surface area contributed by atoms with E-state index >= 15 is 4.39 Å². The maximum atomic E-state index is 15.9. The van der Waals surface area contributed by atoms with Gasteiger partial charge >= 0.3 is 0 Å². The highest BCUT2D eigenvalue weighted by atomic mass is 32.2. The van der Waals surface area contributed by atoms with Crippen LogP contribution in [0.3, 0.4) is 0 Å². The molecule has 3 aromatic carbocycles. The molecule has 9 nitrogen and oxygen atoms in total. The predicted octanol–water partition coefficient (Wildman–Crippen LogP) is 7.19. The van der Waals surface area contributed by atoms with E-state index in [1.54, 1.807) is 68.8 Å². The molecule has 48 heavy (non-hydrogen) atoms. The zero-order valence-electron chi connectivity index (χ0n) is 28.4. The van der Waals surface area contributed by atoms with Gasteiger partial charge in [-0.3, -0.25) is 5.10 Å². The molecule has 0 spiro atoms. The highest BCUT2D eigenvalue weighted by molar-refractivity contribution is 7.89. The van der Waals surface area contributed by atoms with Gasteiger partial charge < -0.3 is 18.9 Å². The number of aromatic nitrogens is 2. The minimum absolute atomic E-state index is 0.0415. The van der Waals surface area contributed by atoms with Gasteiger partial charge in [0.05, 0.1) is 14.2 Å². The average Bonchev–Trinajstić information content (AvgIpc) is 3.81. The minimum atomic E-state index is -4.25. The number of rotatable bonds is 18. The Morgan fingerprint density at radius 3 is 2.00 bits per heavy atom. The molecule has 0 unspecified atom stereocenters. The van der Waals surface area contributed by atoms with Gasteiger partial charge in [0.15, 0.2) is 6.79 Å². The Kier molecular flexibility index (Phi) is 11.6. The lowest BCUT2D eigenvalue weighted by Crippen LogP contribution is -2.31. The molecule has 5 rings (SSSR count). The third-order valence-electron chi connectivity index (χ3n) is 8.41. The van der Waals surface area contributed by atoms with Crippen molar-refractivity contribution < 1.29 is 31.8 Å². The second-order valence-corrected chi connectivity index (χ2v) is 21.1. The van der Waals surface area contributed by atoms with E-state index in [0.717, 1.165) is 34.8 Å². The molecule has 12 heteroatoms. The van der Waals surface area contributed by atoms with E-state index < -0.39 is 23.9 Å². The number of methoxy groups -OCH3 is 2. The van der Waals surface area contributed by atoms with Crippen molar-refractivity contribution in [2.75, 3.05) is 27.6 Å². The zero-order chi connectivity index (χ0) is 34.3. The Bertz CT molecular complexity index is 1700. The van der Waals surface area contributed by atoms with E-state index in [2.05, 4.69) is 29.8 Å². The fourth-order valence-corrected chi connectivity index (χ4v) is 7.52. The second kappa shape index (κ2) is 15.7. The Balaban J connectivity index is 1.37. The average molecular weight is 696 g/mol. The first kappa shape index (κ1) is 35.6. The maximum Gasteiger partial charge on any atom is 0.246 e. The number of benzene rings is 3. The highest BCUT2D eigenvalue weighted by Crippen LogP contribution is 2.35. The summed E-state index contributed by atoms with van der Waals surface area (Å²) in [6.45, 7) is 7.67.